The zero-order chi connectivity index (χ0) is 28.6. The van der Waals surface area contributed by atoms with Crippen molar-refractivity contribution in [2.24, 2.45) is 0 Å². The van der Waals surface area contributed by atoms with Crippen LogP contribution in [0, 0.1) is 13.8 Å². The van der Waals surface area contributed by atoms with Crippen LogP contribution in [0.25, 0.3) is 0 Å². The zero-order valence-electron chi connectivity index (χ0n) is 23.8. The van der Waals surface area contributed by atoms with Gasteiger partial charge in [0.2, 0.25) is 11.8 Å². The van der Waals surface area contributed by atoms with E-state index in [0.717, 1.165) is 11.1 Å². The van der Waals surface area contributed by atoms with E-state index in [2.05, 4.69) is 15.4 Å². The average Bonchev–Trinajstić information content (AvgIpc) is 2.76. The Morgan fingerprint density at radius 3 is 2.05 bits per heavy atom. The fourth-order valence-electron chi connectivity index (χ4n) is 3.92. The number of alkyl carbamates (subject to hydrolysis) is 1. The number of carbonyl (C=O) groups excluding carboxylic acids is 4. The van der Waals surface area contributed by atoms with Crippen LogP contribution in [0.5, 0.6) is 0 Å². The van der Waals surface area contributed by atoms with E-state index in [1.54, 1.807) is 32.5 Å². The number of methoxy groups -OCH3 is 1. The molecular formula is C27H43N3O6S. The molecule has 9 nitrogen and oxygen atoms in total. The number of amides is 3. The van der Waals surface area contributed by atoms with Crippen LogP contribution in [0.15, 0.2) is 18.2 Å². The average molecular weight is 538 g/mol. The highest BCUT2D eigenvalue weighted by molar-refractivity contribution is 7.98. The molecule has 0 bridgehead atoms. The number of esters is 1. The van der Waals surface area contributed by atoms with Crippen molar-refractivity contribution in [1.29, 1.82) is 0 Å². The summed E-state index contributed by atoms with van der Waals surface area (Å²) in [7, 11) is 1.24. The van der Waals surface area contributed by atoms with Gasteiger partial charge in [0.15, 0.2) is 0 Å². The molecule has 0 aliphatic carbocycles. The van der Waals surface area contributed by atoms with Crippen molar-refractivity contribution in [1.82, 2.24) is 15.5 Å². The molecule has 0 saturated carbocycles. The van der Waals surface area contributed by atoms with Gasteiger partial charge in [-0.15, -0.1) is 0 Å². The molecule has 10 heteroatoms. The van der Waals surface area contributed by atoms with Gasteiger partial charge in [-0.2, -0.15) is 11.8 Å². The molecule has 2 atom stereocenters. The highest BCUT2D eigenvalue weighted by Crippen LogP contribution is 2.34. The standard InChI is InChI=1S/C27H43N3O6S/c1-17-12-11-13-18(2)21(17)22(23(32)28-16-20(31)35-9)30(26(3,4)5)24(33)19(14-15-37-10)29-25(34)36-27(6,7)8/h11-13,19,22H,14-16H2,1-10H3,(H,28,32)(H,29,34). The molecule has 2 unspecified atom stereocenters. The highest BCUT2D eigenvalue weighted by atomic mass is 32.2. The number of thioether (sulfide) groups is 1. The second-order valence-corrected chi connectivity index (χ2v) is 11.8. The van der Waals surface area contributed by atoms with Crippen molar-refractivity contribution < 1.29 is 28.7 Å². The van der Waals surface area contributed by atoms with E-state index in [9.17, 15) is 19.2 Å². The SMILES string of the molecule is COC(=O)CNC(=O)C(c1c(C)cccc1C)N(C(=O)C(CCSC)NC(=O)OC(C)(C)C)C(C)(C)C. The lowest BCUT2D eigenvalue weighted by Gasteiger charge is -2.43. The van der Waals surface area contributed by atoms with Crippen LogP contribution in [-0.4, -0.2) is 71.6 Å². The quantitative estimate of drug-likeness (QED) is 0.435. The van der Waals surface area contributed by atoms with Gasteiger partial charge in [0, 0.05) is 5.54 Å². The van der Waals surface area contributed by atoms with Crippen LogP contribution < -0.4 is 10.6 Å². The lowest BCUT2D eigenvalue weighted by Crippen LogP contribution is -2.59. The lowest BCUT2D eigenvalue weighted by atomic mass is 9.90. The van der Waals surface area contributed by atoms with Crippen LogP contribution in [0.3, 0.4) is 0 Å². The van der Waals surface area contributed by atoms with Crippen molar-refractivity contribution in [3.05, 3.63) is 34.9 Å². The van der Waals surface area contributed by atoms with E-state index in [0.29, 0.717) is 17.7 Å². The molecule has 208 valence electrons. The number of aryl methyl sites for hydroxylation is 2. The van der Waals surface area contributed by atoms with Gasteiger partial charge in [-0.1, -0.05) is 18.2 Å². The van der Waals surface area contributed by atoms with Gasteiger partial charge in [-0.05, 0) is 90.5 Å². The first-order valence-corrected chi connectivity index (χ1v) is 13.6. The maximum atomic E-state index is 14.2. The minimum Gasteiger partial charge on any atom is -0.468 e. The van der Waals surface area contributed by atoms with Crippen LogP contribution in [0.2, 0.25) is 0 Å². The lowest BCUT2D eigenvalue weighted by molar-refractivity contribution is -0.149. The number of ether oxygens (including phenoxy) is 2. The Morgan fingerprint density at radius 1 is 1.03 bits per heavy atom. The summed E-state index contributed by atoms with van der Waals surface area (Å²) >= 11 is 1.54. The third-order valence-corrected chi connectivity index (χ3v) is 6.16. The number of nitrogens with zero attached hydrogens (tertiary/aromatic N) is 1. The van der Waals surface area contributed by atoms with Gasteiger partial charge in [0.25, 0.3) is 0 Å². The molecule has 0 aliphatic heterocycles. The molecule has 0 heterocycles. The number of nitrogens with one attached hydrogen (secondary N) is 2. The molecule has 1 aromatic carbocycles. The zero-order valence-corrected chi connectivity index (χ0v) is 24.6. The van der Waals surface area contributed by atoms with Crippen molar-refractivity contribution >= 4 is 35.6 Å². The fourth-order valence-corrected chi connectivity index (χ4v) is 4.39. The van der Waals surface area contributed by atoms with E-state index in [4.69, 9.17) is 4.74 Å². The first-order chi connectivity index (χ1) is 17.0. The number of rotatable bonds is 10. The number of hydrogen-bond donors (Lipinski definition) is 2. The maximum Gasteiger partial charge on any atom is 0.408 e. The van der Waals surface area contributed by atoms with E-state index < -0.39 is 47.1 Å². The summed E-state index contributed by atoms with van der Waals surface area (Å²) in [5, 5.41) is 5.35. The van der Waals surface area contributed by atoms with Crippen molar-refractivity contribution in [2.45, 2.75) is 85.0 Å². The second kappa shape index (κ2) is 13.7. The van der Waals surface area contributed by atoms with Gasteiger partial charge < -0.3 is 25.0 Å². The number of carbonyl (C=O) groups is 4. The Balaban J connectivity index is 3.63. The highest BCUT2D eigenvalue weighted by Gasteiger charge is 2.42. The fraction of sp³-hybridized carbons (Fsp3) is 0.630. The monoisotopic (exact) mass is 537 g/mol. The largest absolute Gasteiger partial charge is 0.468 e. The molecular weight excluding hydrogens is 494 g/mol. The van der Waals surface area contributed by atoms with Gasteiger partial charge in [-0.3, -0.25) is 14.4 Å². The summed E-state index contributed by atoms with van der Waals surface area (Å²) in [6.07, 6.45) is 1.55. The molecule has 3 amide bonds. The molecule has 0 aliphatic rings. The van der Waals surface area contributed by atoms with E-state index in [1.807, 2.05) is 59.1 Å². The molecule has 1 rings (SSSR count). The number of hydrogen-bond acceptors (Lipinski definition) is 7. The molecule has 1 aromatic rings. The second-order valence-electron chi connectivity index (χ2n) is 10.9. The van der Waals surface area contributed by atoms with Crippen molar-refractivity contribution in [2.75, 3.05) is 25.7 Å². The topological polar surface area (TPSA) is 114 Å². The Labute approximate surface area is 225 Å². The van der Waals surface area contributed by atoms with E-state index in [1.165, 1.54) is 12.0 Å². The Bertz CT molecular complexity index is 948. The summed E-state index contributed by atoms with van der Waals surface area (Å²) in [5.41, 5.74) is 0.734. The van der Waals surface area contributed by atoms with Crippen LogP contribution >= 0.6 is 11.8 Å². The minimum atomic E-state index is -1.06. The molecule has 0 aromatic heterocycles. The molecule has 0 spiro atoms. The molecule has 0 radical (unpaired) electrons. The van der Waals surface area contributed by atoms with Crippen LogP contribution in [0.4, 0.5) is 4.79 Å². The number of benzene rings is 1. The normalized spacial score (nSPS) is 13.2. The Kier molecular flexibility index (Phi) is 11.9. The van der Waals surface area contributed by atoms with E-state index >= 15 is 0 Å². The minimum absolute atomic E-state index is 0.338. The Morgan fingerprint density at radius 2 is 1.59 bits per heavy atom. The van der Waals surface area contributed by atoms with Gasteiger partial charge in [-0.25, -0.2) is 4.79 Å². The predicted molar refractivity (Wildman–Crippen MR) is 146 cm³/mol. The summed E-state index contributed by atoms with van der Waals surface area (Å²) in [5.74, 6) is -0.945. The third kappa shape index (κ3) is 9.91. The van der Waals surface area contributed by atoms with Crippen molar-refractivity contribution in [3.8, 4) is 0 Å². The molecule has 0 fully saturated rings. The first-order valence-electron chi connectivity index (χ1n) is 12.3. The Hall–Kier alpha value is -2.75. The maximum absolute atomic E-state index is 14.2. The molecule has 37 heavy (non-hydrogen) atoms. The first kappa shape index (κ1) is 32.3. The van der Waals surface area contributed by atoms with Gasteiger partial charge >= 0.3 is 12.1 Å². The summed E-state index contributed by atoms with van der Waals surface area (Å²) in [6.45, 7) is 14.1. The molecule has 2 N–H and O–H groups in total. The summed E-state index contributed by atoms with van der Waals surface area (Å²) in [4.78, 5) is 53.8. The third-order valence-electron chi connectivity index (χ3n) is 5.52. The van der Waals surface area contributed by atoms with Crippen LogP contribution in [0.1, 0.15) is 70.7 Å². The summed E-state index contributed by atoms with van der Waals surface area (Å²) < 4.78 is 10.1. The van der Waals surface area contributed by atoms with Crippen LogP contribution in [-0.2, 0) is 23.9 Å². The smallest absolute Gasteiger partial charge is 0.408 e. The van der Waals surface area contributed by atoms with Gasteiger partial charge in [0.05, 0.1) is 7.11 Å². The molecule has 0 saturated heterocycles. The van der Waals surface area contributed by atoms with Crippen molar-refractivity contribution in [3.63, 3.8) is 0 Å². The van der Waals surface area contributed by atoms with Gasteiger partial charge in [0.1, 0.15) is 24.2 Å². The summed E-state index contributed by atoms with van der Waals surface area (Å²) in [6, 6.07) is 3.64. The van der Waals surface area contributed by atoms with E-state index in [-0.39, 0.29) is 6.54 Å². The predicted octanol–water partition coefficient (Wildman–Crippen LogP) is 3.91.